The number of furan rings is 1. The summed E-state index contributed by atoms with van der Waals surface area (Å²) < 4.78 is 32.1. The third-order valence-corrected chi connectivity index (χ3v) is 5.98. The fourth-order valence-electron chi connectivity index (χ4n) is 2.94. The Hall–Kier alpha value is -2.65. The SMILES string of the molecule is CCCCCCC(=O)Nc1c(-c2cccc(S(=O)(=O)NC)c2)oc(C(N)=O)c1C. The number of rotatable bonds is 10. The van der Waals surface area contributed by atoms with Gasteiger partial charge in [-0.25, -0.2) is 13.1 Å². The minimum atomic E-state index is -3.67. The summed E-state index contributed by atoms with van der Waals surface area (Å²) >= 11 is 0. The first-order chi connectivity index (χ1) is 13.7. The van der Waals surface area contributed by atoms with Crippen molar-refractivity contribution in [3.8, 4) is 11.3 Å². The van der Waals surface area contributed by atoms with Crippen molar-refractivity contribution in [3.05, 3.63) is 35.6 Å². The molecule has 2 aromatic rings. The number of primary amides is 1. The van der Waals surface area contributed by atoms with E-state index in [1.807, 2.05) is 0 Å². The summed E-state index contributed by atoms with van der Waals surface area (Å²) in [6.45, 7) is 3.71. The van der Waals surface area contributed by atoms with Gasteiger partial charge in [0.1, 0.15) is 0 Å². The average Bonchev–Trinajstić information content (AvgIpc) is 3.02. The zero-order valence-corrected chi connectivity index (χ0v) is 17.7. The third-order valence-electron chi connectivity index (χ3n) is 4.57. The Balaban J connectivity index is 2.42. The molecule has 0 aliphatic heterocycles. The van der Waals surface area contributed by atoms with Crippen LogP contribution in [0.1, 0.15) is 55.1 Å². The number of nitrogens with two attached hydrogens (primary N) is 1. The minimum Gasteiger partial charge on any atom is -0.448 e. The Morgan fingerprint density at radius 2 is 1.90 bits per heavy atom. The molecular weight excluding hydrogens is 394 g/mol. The molecule has 0 aliphatic carbocycles. The van der Waals surface area contributed by atoms with Gasteiger partial charge in [0.15, 0.2) is 11.5 Å². The Labute approximate surface area is 170 Å². The highest BCUT2D eigenvalue weighted by Crippen LogP contribution is 2.36. The summed E-state index contributed by atoms with van der Waals surface area (Å²) in [6.07, 6.45) is 4.18. The summed E-state index contributed by atoms with van der Waals surface area (Å²) in [7, 11) is -2.36. The second kappa shape index (κ2) is 9.71. The van der Waals surface area contributed by atoms with E-state index in [2.05, 4.69) is 17.0 Å². The van der Waals surface area contributed by atoms with Gasteiger partial charge in [-0.2, -0.15) is 0 Å². The molecule has 0 radical (unpaired) electrons. The van der Waals surface area contributed by atoms with Crippen molar-refractivity contribution in [1.29, 1.82) is 0 Å². The van der Waals surface area contributed by atoms with Gasteiger partial charge in [-0.15, -0.1) is 0 Å². The first-order valence-electron chi connectivity index (χ1n) is 9.48. The molecule has 0 saturated heterocycles. The molecule has 4 N–H and O–H groups in total. The molecule has 0 fully saturated rings. The van der Waals surface area contributed by atoms with Crippen LogP contribution in [0, 0.1) is 6.92 Å². The number of carbonyl (C=O) groups excluding carboxylic acids is 2. The molecule has 158 valence electrons. The Morgan fingerprint density at radius 1 is 1.17 bits per heavy atom. The number of unbranched alkanes of at least 4 members (excludes halogenated alkanes) is 3. The van der Waals surface area contributed by atoms with Gasteiger partial charge in [0.2, 0.25) is 15.9 Å². The summed E-state index contributed by atoms with van der Waals surface area (Å²) in [6, 6.07) is 6.03. The van der Waals surface area contributed by atoms with Crippen molar-refractivity contribution in [2.24, 2.45) is 5.73 Å². The Bertz CT molecular complexity index is 996. The average molecular weight is 422 g/mol. The summed E-state index contributed by atoms with van der Waals surface area (Å²) in [4.78, 5) is 24.2. The largest absolute Gasteiger partial charge is 0.448 e. The van der Waals surface area contributed by atoms with Gasteiger partial charge < -0.3 is 15.5 Å². The first kappa shape index (κ1) is 22.6. The number of nitrogens with one attached hydrogen (secondary N) is 2. The van der Waals surface area contributed by atoms with E-state index in [0.29, 0.717) is 23.2 Å². The van der Waals surface area contributed by atoms with E-state index in [4.69, 9.17) is 10.2 Å². The highest BCUT2D eigenvalue weighted by molar-refractivity contribution is 7.89. The van der Waals surface area contributed by atoms with Gasteiger partial charge in [-0.3, -0.25) is 9.59 Å². The number of hydrogen-bond acceptors (Lipinski definition) is 5. The highest BCUT2D eigenvalue weighted by atomic mass is 32.2. The van der Waals surface area contributed by atoms with Crippen LogP contribution in [0.4, 0.5) is 5.69 Å². The van der Waals surface area contributed by atoms with Crippen LogP contribution in [0.15, 0.2) is 33.6 Å². The van der Waals surface area contributed by atoms with Crippen LogP contribution in [0.5, 0.6) is 0 Å². The monoisotopic (exact) mass is 421 g/mol. The van der Waals surface area contributed by atoms with Crippen LogP contribution in [0.25, 0.3) is 11.3 Å². The van der Waals surface area contributed by atoms with E-state index < -0.39 is 15.9 Å². The molecule has 9 heteroatoms. The quantitative estimate of drug-likeness (QED) is 0.507. The molecule has 0 aliphatic rings. The molecule has 0 atom stereocenters. The lowest BCUT2D eigenvalue weighted by Gasteiger charge is -2.08. The maximum Gasteiger partial charge on any atom is 0.284 e. The third kappa shape index (κ3) is 5.45. The number of carbonyl (C=O) groups is 2. The van der Waals surface area contributed by atoms with E-state index in [9.17, 15) is 18.0 Å². The van der Waals surface area contributed by atoms with E-state index in [0.717, 1.165) is 25.7 Å². The lowest BCUT2D eigenvalue weighted by molar-refractivity contribution is -0.116. The maximum absolute atomic E-state index is 12.4. The molecule has 0 bridgehead atoms. The van der Waals surface area contributed by atoms with Crippen molar-refractivity contribution in [1.82, 2.24) is 4.72 Å². The summed E-state index contributed by atoms with van der Waals surface area (Å²) in [5.74, 6) is -0.873. The molecular formula is C20H27N3O5S. The second-order valence-corrected chi connectivity index (χ2v) is 8.61. The van der Waals surface area contributed by atoms with E-state index in [1.165, 1.54) is 19.2 Å². The standard InChI is InChI=1S/C20H27N3O5S/c1-4-5-6-7-11-16(24)23-17-13(2)18(20(21)25)28-19(17)14-9-8-10-15(12-14)29(26,27)22-3/h8-10,12,22H,4-7,11H2,1-3H3,(H2,21,25)(H,23,24). The molecule has 2 amide bonds. The molecule has 1 aromatic carbocycles. The Kier molecular flexibility index (Phi) is 7.58. The molecule has 8 nitrogen and oxygen atoms in total. The molecule has 0 spiro atoms. The van der Waals surface area contributed by atoms with Crippen molar-refractivity contribution >= 4 is 27.5 Å². The first-order valence-corrected chi connectivity index (χ1v) is 11.0. The lowest BCUT2D eigenvalue weighted by atomic mass is 10.1. The molecule has 0 unspecified atom stereocenters. The number of sulfonamides is 1. The molecule has 1 heterocycles. The predicted octanol–water partition coefficient (Wildman–Crippen LogP) is 3.17. The van der Waals surface area contributed by atoms with Gasteiger partial charge >= 0.3 is 0 Å². The fourth-order valence-corrected chi connectivity index (χ4v) is 3.71. The number of hydrogen-bond donors (Lipinski definition) is 3. The van der Waals surface area contributed by atoms with E-state index in [1.54, 1.807) is 19.1 Å². The van der Waals surface area contributed by atoms with Gasteiger partial charge in [0.05, 0.1) is 10.6 Å². The maximum atomic E-state index is 12.4. The molecule has 0 saturated carbocycles. The number of amides is 2. The van der Waals surface area contributed by atoms with E-state index in [-0.39, 0.29) is 22.3 Å². The van der Waals surface area contributed by atoms with E-state index >= 15 is 0 Å². The normalized spacial score (nSPS) is 11.4. The van der Waals surface area contributed by atoms with Crippen LogP contribution >= 0.6 is 0 Å². The second-order valence-electron chi connectivity index (χ2n) is 6.72. The molecule has 2 rings (SSSR count). The van der Waals surface area contributed by atoms with Crippen LogP contribution in [0.2, 0.25) is 0 Å². The highest BCUT2D eigenvalue weighted by Gasteiger charge is 2.24. The number of anilines is 1. The topological polar surface area (TPSA) is 132 Å². The van der Waals surface area contributed by atoms with Crippen LogP contribution in [0.3, 0.4) is 0 Å². The van der Waals surface area contributed by atoms with Crippen molar-refractivity contribution in [2.45, 2.75) is 50.8 Å². The van der Waals surface area contributed by atoms with Crippen LogP contribution in [-0.4, -0.2) is 27.3 Å². The minimum absolute atomic E-state index is 0.0315. The number of benzene rings is 1. The fraction of sp³-hybridized carbons (Fsp3) is 0.400. The van der Waals surface area contributed by atoms with Crippen LogP contribution < -0.4 is 15.8 Å². The molecule has 1 aromatic heterocycles. The lowest BCUT2D eigenvalue weighted by Crippen LogP contribution is -2.18. The summed E-state index contributed by atoms with van der Waals surface area (Å²) in [5, 5.41) is 2.80. The van der Waals surface area contributed by atoms with Gasteiger partial charge in [-0.05, 0) is 32.5 Å². The Morgan fingerprint density at radius 3 is 2.52 bits per heavy atom. The van der Waals surface area contributed by atoms with Crippen molar-refractivity contribution in [2.75, 3.05) is 12.4 Å². The van der Waals surface area contributed by atoms with Gasteiger partial charge in [-0.1, -0.05) is 38.3 Å². The van der Waals surface area contributed by atoms with Gasteiger partial charge in [0.25, 0.3) is 5.91 Å². The van der Waals surface area contributed by atoms with Crippen molar-refractivity contribution < 1.29 is 22.4 Å². The van der Waals surface area contributed by atoms with Crippen molar-refractivity contribution in [3.63, 3.8) is 0 Å². The zero-order valence-electron chi connectivity index (χ0n) is 16.9. The predicted molar refractivity (Wildman–Crippen MR) is 111 cm³/mol. The molecule has 29 heavy (non-hydrogen) atoms. The van der Waals surface area contributed by atoms with Crippen LogP contribution in [-0.2, 0) is 14.8 Å². The smallest absolute Gasteiger partial charge is 0.284 e. The van der Waals surface area contributed by atoms with Gasteiger partial charge in [0, 0.05) is 17.5 Å². The zero-order chi connectivity index (χ0) is 21.6. The summed E-state index contributed by atoms with van der Waals surface area (Å²) in [5.41, 5.74) is 6.51.